The second-order valence-electron chi connectivity index (χ2n) is 6.25. The first-order chi connectivity index (χ1) is 10.1. The topological polar surface area (TPSA) is 41.7 Å². The predicted octanol–water partition coefficient (Wildman–Crippen LogP) is 1.97. The fourth-order valence-corrected chi connectivity index (χ4v) is 3.11. The molecule has 0 radical (unpaired) electrons. The number of benzene rings is 1. The molecule has 21 heavy (non-hydrogen) atoms. The van der Waals surface area contributed by atoms with Crippen LogP contribution in [0.2, 0.25) is 0 Å². The van der Waals surface area contributed by atoms with E-state index in [0.717, 1.165) is 24.8 Å². The molecule has 0 bridgehead atoms. The van der Waals surface area contributed by atoms with Crippen LogP contribution in [-0.2, 0) is 0 Å². The molecule has 2 rings (SSSR count). The lowest BCUT2D eigenvalue weighted by Crippen LogP contribution is -2.33. The minimum absolute atomic E-state index is 0.0600. The summed E-state index contributed by atoms with van der Waals surface area (Å²) in [5.41, 5.74) is 7.50. The van der Waals surface area contributed by atoms with E-state index in [2.05, 4.69) is 36.0 Å². The lowest BCUT2D eigenvalue weighted by Gasteiger charge is -2.24. The van der Waals surface area contributed by atoms with E-state index in [1.54, 1.807) is 0 Å². The van der Waals surface area contributed by atoms with Crippen LogP contribution in [0.25, 0.3) is 0 Å². The zero-order chi connectivity index (χ0) is 15.2. The first-order valence-electron chi connectivity index (χ1n) is 7.94. The van der Waals surface area contributed by atoms with Gasteiger partial charge in [-0.15, -0.1) is 0 Å². The molecule has 2 atom stereocenters. The van der Waals surface area contributed by atoms with E-state index in [4.69, 9.17) is 10.5 Å². The summed E-state index contributed by atoms with van der Waals surface area (Å²) in [7, 11) is 4.37. The number of nitrogens with zero attached hydrogens (tertiary/aromatic N) is 2. The van der Waals surface area contributed by atoms with Crippen molar-refractivity contribution in [1.82, 2.24) is 9.80 Å². The van der Waals surface area contributed by atoms with Crippen LogP contribution < -0.4 is 10.5 Å². The fraction of sp³-hybridized carbons (Fsp3) is 0.647. The van der Waals surface area contributed by atoms with Gasteiger partial charge in [-0.1, -0.05) is 12.1 Å². The molecule has 0 amide bonds. The van der Waals surface area contributed by atoms with Crippen molar-refractivity contribution in [1.29, 1.82) is 0 Å². The molecule has 1 heterocycles. The van der Waals surface area contributed by atoms with Crippen LogP contribution in [0.4, 0.5) is 0 Å². The zero-order valence-electron chi connectivity index (χ0n) is 13.6. The highest BCUT2D eigenvalue weighted by molar-refractivity contribution is 5.29. The van der Waals surface area contributed by atoms with Gasteiger partial charge >= 0.3 is 0 Å². The van der Waals surface area contributed by atoms with E-state index in [1.807, 2.05) is 19.1 Å². The Labute approximate surface area is 128 Å². The van der Waals surface area contributed by atoms with Gasteiger partial charge in [0, 0.05) is 25.7 Å². The van der Waals surface area contributed by atoms with Gasteiger partial charge in [0.15, 0.2) is 0 Å². The Bertz CT molecular complexity index is 421. The molecule has 118 valence electrons. The fourth-order valence-electron chi connectivity index (χ4n) is 3.11. The van der Waals surface area contributed by atoms with E-state index in [-0.39, 0.29) is 6.04 Å². The molecule has 2 unspecified atom stereocenters. The van der Waals surface area contributed by atoms with Crippen molar-refractivity contribution in [3.8, 4) is 5.75 Å². The van der Waals surface area contributed by atoms with Crippen LogP contribution >= 0.6 is 0 Å². The van der Waals surface area contributed by atoms with Crippen molar-refractivity contribution in [3.05, 3.63) is 29.8 Å². The van der Waals surface area contributed by atoms with Crippen molar-refractivity contribution in [2.75, 3.05) is 46.9 Å². The predicted molar refractivity (Wildman–Crippen MR) is 87.6 cm³/mol. The van der Waals surface area contributed by atoms with Gasteiger partial charge in [-0.25, -0.2) is 0 Å². The molecule has 4 nitrogen and oxygen atoms in total. The van der Waals surface area contributed by atoms with Gasteiger partial charge in [0.25, 0.3) is 0 Å². The van der Waals surface area contributed by atoms with E-state index >= 15 is 0 Å². The van der Waals surface area contributed by atoms with Crippen LogP contribution in [0, 0.1) is 5.92 Å². The summed E-state index contributed by atoms with van der Waals surface area (Å²) >= 11 is 0. The summed E-state index contributed by atoms with van der Waals surface area (Å²) < 4.78 is 5.46. The number of hydrogen-bond donors (Lipinski definition) is 1. The Morgan fingerprint density at radius 3 is 2.67 bits per heavy atom. The van der Waals surface area contributed by atoms with Crippen molar-refractivity contribution in [3.63, 3.8) is 0 Å². The number of nitrogens with two attached hydrogens (primary N) is 1. The molecule has 1 aromatic carbocycles. The monoisotopic (exact) mass is 291 g/mol. The molecule has 0 spiro atoms. The van der Waals surface area contributed by atoms with Crippen molar-refractivity contribution < 1.29 is 4.74 Å². The van der Waals surface area contributed by atoms with Gasteiger partial charge in [0.05, 0.1) is 6.61 Å². The summed E-state index contributed by atoms with van der Waals surface area (Å²) in [4.78, 5) is 4.77. The lowest BCUT2D eigenvalue weighted by atomic mass is 10.1. The first-order valence-corrected chi connectivity index (χ1v) is 7.94. The summed E-state index contributed by atoms with van der Waals surface area (Å²) in [6.07, 6.45) is 1.30. The minimum Gasteiger partial charge on any atom is -0.494 e. The van der Waals surface area contributed by atoms with Gasteiger partial charge in [0.2, 0.25) is 0 Å². The summed E-state index contributed by atoms with van der Waals surface area (Å²) in [6.45, 7) is 7.16. The van der Waals surface area contributed by atoms with Gasteiger partial charge in [-0.2, -0.15) is 0 Å². The largest absolute Gasteiger partial charge is 0.494 e. The molecule has 0 aliphatic carbocycles. The number of hydrogen-bond acceptors (Lipinski definition) is 4. The smallest absolute Gasteiger partial charge is 0.119 e. The maximum atomic E-state index is 6.33. The minimum atomic E-state index is 0.0600. The van der Waals surface area contributed by atoms with Crippen LogP contribution in [0.5, 0.6) is 5.75 Å². The number of ether oxygens (including phenoxy) is 1. The van der Waals surface area contributed by atoms with Crippen LogP contribution in [0.15, 0.2) is 24.3 Å². The van der Waals surface area contributed by atoms with Crippen molar-refractivity contribution >= 4 is 0 Å². The zero-order valence-corrected chi connectivity index (χ0v) is 13.6. The van der Waals surface area contributed by atoms with Gasteiger partial charge in [-0.3, -0.25) is 0 Å². The average Bonchev–Trinajstić information content (AvgIpc) is 2.85. The highest BCUT2D eigenvalue weighted by Crippen LogP contribution is 2.19. The first kappa shape index (κ1) is 16.3. The SMILES string of the molecule is CCOc1ccc(C(N)CN(C)CC2CCN(C)C2)cc1. The second kappa shape index (κ2) is 7.78. The average molecular weight is 291 g/mol. The highest BCUT2D eigenvalue weighted by atomic mass is 16.5. The molecule has 1 aliphatic rings. The highest BCUT2D eigenvalue weighted by Gasteiger charge is 2.21. The molecule has 4 heteroatoms. The number of rotatable bonds is 7. The van der Waals surface area contributed by atoms with E-state index in [1.165, 1.54) is 25.1 Å². The lowest BCUT2D eigenvalue weighted by molar-refractivity contribution is 0.260. The maximum Gasteiger partial charge on any atom is 0.119 e. The number of likely N-dealkylation sites (N-methyl/N-ethyl adjacent to an activating group) is 1. The molecule has 2 N–H and O–H groups in total. The summed E-state index contributed by atoms with van der Waals surface area (Å²) in [5.74, 6) is 1.70. The third-order valence-corrected chi connectivity index (χ3v) is 4.19. The molecule has 1 aromatic rings. The summed E-state index contributed by atoms with van der Waals surface area (Å²) in [5, 5.41) is 0. The normalized spacial score (nSPS) is 20.9. The summed E-state index contributed by atoms with van der Waals surface area (Å²) in [6, 6.07) is 8.22. The molecular formula is C17H29N3O. The van der Waals surface area contributed by atoms with Crippen LogP contribution in [-0.4, -0.2) is 56.7 Å². The molecular weight excluding hydrogens is 262 g/mol. The van der Waals surface area contributed by atoms with E-state index in [0.29, 0.717) is 6.61 Å². The van der Waals surface area contributed by atoms with Gasteiger partial charge in [-0.05, 0) is 57.6 Å². The number of likely N-dealkylation sites (tertiary alicyclic amines) is 1. The Balaban J connectivity index is 1.81. The standard InChI is InChI=1S/C17H29N3O/c1-4-21-16-7-5-15(6-8-16)17(18)13-20(3)12-14-9-10-19(2)11-14/h5-8,14,17H,4,9-13,18H2,1-3H3. The third-order valence-electron chi connectivity index (χ3n) is 4.19. The van der Waals surface area contributed by atoms with Gasteiger partial charge in [0.1, 0.15) is 5.75 Å². The molecule has 0 aromatic heterocycles. The Morgan fingerprint density at radius 1 is 1.38 bits per heavy atom. The molecule has 1 fully saturated rings. The Hall–Kier alpha value is -1.10. The van der Waals surface area contributed by atoms with Gasteiger partial charge < -0.3 is 20.3 Å². The second-order valence-corrected chi connectivity index (χ2v) is 6.25. The molecule has 0 saturated carbocycles. The van der Waals surface area contributed by atoms with Crippen LogP contribution in [0.1, 0.15) is 24.9 Å². The maximum absolute atomic E-state index is 6.33. The van der Waals surface area contributed by atoms with E-state index in [9.17, 15) is 0 Å². The molecule has 1 saturated heterocycles. The van der Waals surface area contributed by atoms with E-state index < -0.39 is 0 Å². The quantitative estimate of drug-likeness (QED) is 0.834. The molecule has 1 aliphatic heterocycles. The van der Waals surface area contributed by atoms with Crippen molar-refractivity contribution in [2.24, 2.45) is 11.7 Å². The Morgan fingerprint density at radius 2 is 2.10 bits per heavy atom. The third kappa shape index (κ3) is 4.99. The van der Waals surface area contributed by atoms with Crippen LogP contribution in [0.3, 0.4) is 0 Å². The van der Waals surface area contributed by atoms with Crippen molar-refractivity contribution in [2.45, 2.75) is 19.4 Å². The Kier molecular flexibility index (Phi) is 6.03.